The second kappa shape index (κ2) is 8.75. The molecular weight excluding hydrogens is 344 g/mol. The maximum Gasteiger partial charge on any atom is 0.273 e. The predicted molar refractivity (Wildman–Crippen MR) is 106 cm³/mol. The molecule has 0 fully saturated rings. The van der Waals surface area contributed by atoms with E-state index in [0.29, 0.717) is 11.1 Å². The van der Waals surface area contributed by atoms with Gasteiger partial charge in [-0.05, 0) is 42.5 Å². The summed E-state index contributed by atoms with van der Waals surface area (Å²) in [7, 11) is 0. The van der Waals surface area contributed by atoms with E-state index in [-0.39, 0.29) is 16.3 Å². The first kappa shape index (κ1) is 20.6. The molecule has 6 nitrogen and oxygen atoms in total. The summed E-state index contributed by atoms with van der Waals surface area (Å²) in [6.45, 7) is 7.78. The molecule has 1 atom stereocenters. The van der Waals surface area contributed by atoms with Crippen LogP contribution in [0.1, 0.15) is 67.3 Å². The summed E-state index contributed by atoms with van der Waals surface area (Å²) >= 11 is 0. The minimum absolute atomic E-state index is 0.0260. The highest BCUT2D eigenvalue weighted by Crippen LogP contribution is 2.38. The van der Waals surface area contributed by atoms with Gasteiger partial charge in [0.1, 0.15) is 0 Å². The van der Waals surface area contributed by atoms with Gasteiger partial charge in [-0.1, -0.05) is 45.7 Å². The van der Waals surface area contributed by atoms with Crippen molar-refractivity contribution in [3.8, 4) is 0 Å². The summed E-state index contributed by atoms with van der Waals surface area (Å²) in [4.78, 5) is 22.5. The molecule has 6 heteroatoms. The first-order valence-corrected chi connectivity index (χ1v) is 9.35. The van der Waals surface area contributed by atoms with Gasteiger partial charge in [-0.2, -0.15) is 0 Å². The van der Waals surface area contributed by atoms with Gasteiger partial charge in [0.15, 0.2) is 0 Å². The van der Waals surface area contributed by atoms with E-state index in [1.54, 1.807) is 25.1 Å². The molecule has 0 amide bonds. The predicted octanol–water partition coefficient (Wildman–Crippen LogP) is 5.87. The highest BCUT2D eigenvalue weighted by atomic mass is 16.6. The third-order valence-electron chi connectivity index (χ3n) is 4.96. The van der Waals surface area contributed by atoms with Crippen LogP contribution in [0.5, 0.6) is 0 Å². The number of benzene rings is 2. The van der Waals surface area contributed by atoms with Crippen molar-refractivity contribution in [2.75, 3.05) is 0 Å². The van der Waals surface area contributed by atoms with E-state index in [1.807, 2.05) is 32.9 Å². The fraction of sp³-hybridized carbons (Fsp3) is 0.429. The molecule has 0 heterocycles. The maximum atomic E-state index is 11.7. The Morgan fingerprint density at radius 3 is 2.04 bits per heavy atom. The lowest BCUT2D eigenvalue weighted by Gasteiger charge is -2.16. The SMILES string of the molecule is CCCc1ccc(C(C)c2cc(C)c(CCC)cc2[N+](=O)[O-])c([N+](=O)[O-])c1. The molecule has 0 aromatic heterocycles. The Kier molecular flexibility index (Phi) is 6.66. The molecule has 0 saturated carbocycles. The summed E-state index contributed by atoms with van der Waals surface area (Å²) in [5.74, 6) is -0.448. The van der Waals surface area contributed by atoms with Crippen molar-refractivity contribution in [2.45, 2.75) is 59.3 Å². The van der Waals surface area contributed by atoms with Gasteiger partial charge in [-0.3, -0.25) is 20.2 Å². The number of nitro groups is 2. The molecule has 0 radical (unpaired) electrons. The fourth-order valence-electron chi connectivity index (χ4n) is 3.53. The second-order valence-corrected chi connectivity index (χ2v) is 6.97. The van der Waals surface area contributed by atoms with Crippen molar-refractivity contribution in [3.05, 3.63) is 78.4 Å². The Morgan fingerprint density at radius 2 is 1.48 bits per heavy atom. The molecule has 2 aromatic carbocycles. The first-order chi connectivity index (χ1) is 12.8. The van der Waals surface area contributed by atoms with Crippen LogP contribution in [0.2, 0.25) is 0 Å². The number of nitro benzene ring substituents is 2. The van der Waals surface area contributed by atoms with E-state index in [1.165, 1.54) is 0 Å². The lowest BCUT2D eigenvalue weighted by atomic mass is 9.87. The molecule has 0 saturated heterocycles. The van der Waals surface area contributed by atoms with E-state index >= 15 is 0 Å². The molecule has 0 spiro atoms. The van der Waals surface area contributed by atoms with Gasteiger partial charge < -0.3 is 0 Å². The molecule has 27 heavy (non-hydrogen) atoms. The van der Waals surface area contributed by atoms with Crippen molar-refractivity contribution in [3.63, 3.8) is 0 Å². The number of hydrogen-bond acceptors (Lipinski definition) is 4. The average molecular weight is 370 g/mol. The summed E-state index contributed by atoms with van der Waals surface area (Å²) in [6, 6.07) is 8.66. The third-order valence-corrected chi connectivity index (χ3v) is 4.96. The molecule has 144 valence electrons. The Balaban J connectivity index is 2.60. The number of hydrogen-bond donors (Lipinski definition) is 0. The van der Waals surface area contributed by atoms with Gasteiger partial charge in [-0.15, -0.1) is 0 Å². The van der Waals surface area contributed by atoms with E-state index in [9.17, 15) is 20.2 Å². The van der Waals surface area contributed by atoms with E-state index in [0.717, 1.165) is 42.4 Å². The van der Waals surface area contributed by atoms with Crippen LogP contribution in [0, 0.1) is 27.2 Å². The van der Waals surface area contributed by atoms with Crippen LogP contribution in [0.3, 0.4) is 0 Å². The van der Waals surface area contributed by atoms with Gasteiger partial charge in [0, 0.05) is 29.2 Å². The Hall–Kier alpha value is -2.76. The van der Waals surface area contributed by atoms with Crippen molar-refractivity contribution in [1.82, 2.24) is 0 Å². The Morgan fingerprint density at radius 1 is 0.889 bits per heavy atom. The summed E-state index contributed by atoms with van der Waals surface area (Å²) < 4.78 is 0. The minimum atomic E-state index is -0.448. The number of aryl methyl sites for hydroxylation is 3. The summed E-state index contributed by atoms with van der Waals surface area (Å²) in [5.41, 5.74) is 3.92. The quantitative estimate of drug-likeness (QED) is 0.429. The topological polar surface area (TPSA) is 86.3 Å². The minimum Gasteiger partial charge on any atom is -0.258 e. The van der Waals surface area contributed by atoms with E-state index in [4.69, 9.17) is 0 Å². The van der Waals surface area contributed by atoms with E-state index < -0.39 is 10.8 Å². The first-order valence-electron chi connectivity index (χ1n) is 9.35. The van der Waals surface area contributed by atoms with Gasteiger partial charge >= 0.3 is 0 Å². The van der Waals surface area contributed by atoms with Crippen LogP contribution in [0.25, 0.3) is 0 Å². The van der Waals surface area contributed by atoms with E-state index in [2.05, 4.69) is 0 Å². The normalized spacial score (nSPS) is 12.0. The zero-order valence-corrected chi connectivity index (χ0v) is 16.3. The molecule has 1 unspecified atom stereocenters. The molecule has 0 bridgehead atoms. The molecule has 0 aliphatic heterocycles. The molecule has 2 rings (SSSR count). The van der Waals surface area contributed by atoms with Gasteiger partial charge in [0.05, 0.1) is 9.85 Å². The smallest absolute Gasteiger partial charge is 0.258 e. The van der Waals surface area contributed by atoms with Crippen LogP contribution in [-0.4, -0.2) is 9.85 Å². The number of rotatable bonds is 8. The Bertz CT molecular complexity index is 862. The largest absolute Gasteiger partial charge is 0.273 e. The average Bonchev–Trinajstić information content (AvgIpc) is 2.62. The van der Waals surface area contributed by atoms with Gasteiger partial charge in [0.25, 0.3) is 11.4 Å². The van der Waals surface area contributed by atoms with Gasteiger partial charge in [-0.25, -0.2) is 0 Å². The monoisotopic (exact) mass is 370 g/mol. The van der Waals surface area contributed by atoms with Crippen LogP contribution in [0.15, 0.2) is 30.3 Å². The molecule has 0 aliphatic carbocycles. The molecule has 0 N–H and O–H groups in total. The third kappa shape index (κ3) is 4.51. The zero-order chi connectivity index (χ0) is 20.1. The molecule has 2 aromatic rings. The number of nitrogens with zero attached hydrogens (tertiary/aromatic N) is 2. The highest BCUT2D eigenvalue weighted by molar-refractivity contribution is 5.55. The van der Waals surface area contributed by atoms with Crippen LogP contribution in [-0.2, 0) is 12.8 Å². The summed E-state index contributed by atoms with van der Waals surface area (Å²) in [6.07, 6.45) is 3.33. The molecule has 0 aliphatic rings. The van der Waals surface area contributed by atoms with Crippen LogP contribution in [0.4, 0.5) is 11.4 Å². The fourth-order valence-corrected chi connectivity index (χ4v) is 3.53. The highest BCUT2D eigenvalue weighted by Gasteiger charge is 2.27. The van der Waals surface area contributed by atoms with Crippen LogP contribution >= 0.6 is 0 Å². The lowest BCUT2D eigenvalue weighted by molar-refractivity contribution is -0.386. The molecular formula is C21H26N2O4. The maximum absolute atomic E-state index is 11.7. The Labute approximate surface area is 159 Å². The van der Waals surface area contributed by atoms with Gasteiger partial charge in [0.2, 0.25) is 0 Å². The van der Waals surface area contributed by atoms with Crippen molar-refractivity contribution in [2.24, 2.45) is 0 Å². The zero-order valence-electron chi connectivity index (χ0n) is 16.3. The summed E-state index contributed by atoms with van der Waals surface area (Å²) in [5, 5.41) is 23.3. The standard InChI is InChI=1S/C21H26N2O4/c1-5-7-16-9-10-18(20(12-16)22(24)25)15(4)19-11-14(3)17(8-6-2)13-21(19)23(26)27/h9-13,15H,5-8H2,1-4H3. The lowest BCUT2D eigenvalue weighted by Crippen LogP contribution is -2.07. The van der Waals surface area contributed by atoms with Crippen molar-refractivity contribution >= 4 is 11.4 Å². The second-order valence-electron chi connectivity index (χ2n) is 6.97. The van der Waals surface area contributed by atoms with Crippen molar-refractivity contribution < 1.29 is 9.85 Å². The van der Waals surface area contributed by atoms with Crippen molar-refractivity contribution in [1.29, 1.82) is 0 Å². The van der Waals surface area contributed by atoms with Crippen LogP contribution < -0.4 is 0 Å².